The van der Waals surface area contributed by atoms with Crippen LogP contribution in [-0.2, 0) is 6.42 Å². The minimum absolute atomic E-state index is 0. The van der Waals surface area contributed by atoms with E-state index < -0.39 is 7.26 Å². The third-order valence-corrected chi connectivity index (χ3v) is 11.1. The van der Waals surface area contributed by atoms with Gasteiger partial charge in [0.1, 0.15) is 34.6 Å². The Morgan fingerprint density at radius 3 is 1.58 bits per heavy atom. The van der Waals surface area contributed by atoms with Gasteiger partial charge in [-0.1, -0.05) is 66.7 Å². The first-order valence-corrected chi connectivity index (χ1v) is 12.4. The van der Waals surface area contributed by atoms with Gasteiger partial charge in [0.05, 0.1) is 7.11 Å². The molecule has 0 aromatic heterocycles. The molecule has 3 heteroatoms. The first-order chi connectivity index (χ1) is 14.9. The van der Waals surface area contributed by atoms with E-state index >= 15 is 0 Å². The van der Waals surface area contributed by atoms with E-state index in [1.807, 2.05) is 0 Å². The van der Waals surface area contributed by atoms with Crippen LogP contribution in [0.25, 0.3) is 0 Å². The van der Waals surface area contributed by atoms with Crippen LogP contribution in [0.4, 0.5) is 0 Å². The summed E-state index contributed by atoms with van der Waals surface area (Å²) in [5, 5.41) is 4.31. The number of hydrogen-bond acceptors (Lipinski definition) is 1. The fraction of sp³-hybridized carbons (Fsp3) is 0.143. The van der Waals surface area contributed by atoms with Crippen molar-refractivity contribution in [3.63, 3.8) is 0 Å². The quantitative estimate of drug-likeness (QED) is 0.392. The predicted octanol–water partition coefficient (Wildman–Crippen LogP) is 2.68. The lowest BCUT2D eigenvalue weighted by atomic mass is 10.1. The molecule has 0 bridgehead atoms. The summed E-state index contributed by atoms with van der Waals surface area (Å²) < 4.78 is 5.91. The molecule has 0 amide bonds. The Bertz CT molecular complexity index is 1030. The summed E-state index contributed by atoms with van der Waals surface area (Å²) in [6.07, 6.45) is 2.24. The summed E-state index contributed by atoms with van der Waals surface area (Å²) in [7, 11) is -0.149. The molecule has 0 fully saturated rings. The minimum atomic E-state index is -1.95. The molecule has 4 aromatic rings. The molecule has 1 nitrogen and oxygen atoms in total. The summed E-state index contributed by atoms with van der Waals surface area (Å²) in [4.78, 5) is 0. The van der Waals surface area contributed by atoms with Crippen molar-refractivity contribution < 1.29 is 21.7 Å². The molecule has 156 valence electrons. The molecule has 0 radical (unpaired) electrons. The number of fused-ring (bicyclic) bond motifs is 1. The monoisotopic (exact) mass is 488 g/mol. The molecule has 31 heavy (non-hydrogen) atoms. The second-order valence-corrected chi connectivity index (χ2v) is 11.4. The van der Waals surface area contributed by atoms with Crippen LogP contribution in [0, 0.1) is 0 Å². The van der Waals surface area contributed by atoms with Crippen molar-refractivity contribution in [1.29, 1.82) is 0 Å². The van der Waals surface area contributed by atoms with Gasteiger partial charge >= 0.3 is 0 Å². The van der Waals surface area contributed by atoms with Crippen molar-refractivity contribution in [2.75, 3.05) is 7.11 Å². The van der Waals surface area contributed by atoms with Crippen LogP contribution in [0.5, 0.6) is 5.75 Å². The second-order valence-electron chi connectivity index (χ2n) is 7.82. The number of benzene rings is 4. The van der Waals surface area contributed by atoms with Gasteiger partial charge < -0.3 is 21.7 Å². The summed E-state index contributed by atoms with van der Waals surface area (Å²) in [6.45, 7) is 0. The smallest absolute Gasteiger partial charge is 0.126 e. The van der Waals surface area contributed by atoms with Crippen molar-refractivity contribution in [1.82, 2.24) is 0 Å². The number of aryl methyl sites for hydroxylation is 1. The number of methoxy groups -OCH3 is 1. The molecule has 0 N–H and O–H groups in total. The second kappa shape index (κ2) is 9.39. The Morgan fingerprint density at radius 1 is 0.645 bits per heavy atom. The number of halogens is 1. The fourth-order valence-corrected chi connectivity index (χ4v) is 10.3. The lowest BCUT2D eigenvalue weighted by Gasteiger charge is -2.33. The molecule has 0 saturated carbocycles. The van der Waals surface area contributed by atoms with Crippen LogP contribution >= 0.6 is 7.26 Å². The minimum Gasteiger partial charge on any atom is -1.00 e. The highest BCUT2D eigenvalue weighted by atomic mass is 79.9. The van der Waals surface area contributed by atoms with E-state index in [1.165, 1.54) is 27.0 Å². The highest BCUT2D eigenvalue weighted by Gasteiger charge is 2.55. The third kappa shape index (κ3) is 3.63. The molecule has 1 unspecified atom stereocenters. The zero-order valence-corrected chi connectivity index (χ0v) is 20.1. The summed E-state index contributed by atoms with van der Waals surface area (Å²) >= 11 is 0. The Balaban J connectivity index is 0.00000231. The molecule has 1 aliphatic carbocycles. The van der Waals surface area contributed by atoms with E-state index in [0.29, 0.717) is 5.66 Å². The van der Waals surface area contributed by atoms with Crippen LogP contribution < -0.4 is 37.6 Å². The molecular formula is C28H26BrOP. The van der Waals surface area contributed by atoms with Crippen LogP contribution in [0.15, 0.2) is 109 Å². The maximum atomic E-state index is 5.91. The van der Waals surface area contributed by atoms with E-state index in [1.54, 1.807) is 7.11 Å². The zero-order valence-electron chi connectivity index (χ0n) is 17.6. The predicted molar refractivity (Wildman–Crippen MR) is 129 cm³/mol. The first-order valence-electron chi connectivity index (χ1n) is 10.6. The van der Waals surface area contributed by atoms with Crippen molar-refractivity contribution in [2.24, 2.45) is 0 Å². The molecule has 0 heterocycles. The van der Waals surface area contributed by atoms with Gasteiger partial charge in [-0.05, 0) is 60.9 Å². The topological polar surface area (TPSA) is 9.23 Å². The highest BCUT2D eigenvalue weighted by molar-refractivity contribution is 7.96. The lowest BCUT2D eigenvalue weighted by molar-refractivity contribution is -0.00000607. The Labute approximate surface area is 196 Å². The number of hydrogen-bond donors (Lipinski definition) is 0. The Morgan fingerprint density at radius 2 is 1.13 bits per heavy atom. The Kier molecular flexibility index (Phi) is 6.60. The van der Waals surface area contributed by atoms with Crippen molar-refractivity contribution in [2.45, 2.75) is 18.5 Å². The normalized spacial score (nSPS) is 15.1. The van der Waals surface area contributed by atoms with Crippen molar-refractivity contribution in [3.05, 3.63) is 120 Å². The van der Waals surface area contributed by atoms with Crippen LogP contribution in [0.3, 0.4) is 0 Å². The van der Waals surface area contributed by atoms with Gasteiger partial charge in [0.15, 0.2) is 0 Å². The molecule has 1 aliphatic rings. The molecule has 1 atom stereocenters. The van der Waals surface area contributed by atoms with E-state index in [0.717, 1.165) is 18.6 Å². The van der Waals surface area contributed by atoms with Gasteiger partial charge in [-0.2, -0.15) is 0 Å². The largest absolute Gasteiger partial charge is 1.00 e. The lowest BCUT2D eigenvalue weighted by Crippen LogP contribution is -3.00. The summed E-state index contributed by atoms with van der Waals surface area (Å²) in [5.74, 6) is 1.03. The van der Waals surface area contributed by atoms with Gasteiger partial charge in [-0.25, -0.2) is 0 Å². The molecule has 0 saturated heterocycles. The van der Waals surface area contributed by atoms with Gasteiger partial charge in [0, 0.05) is 5.56 Å². The Hall–Kier alpha value is -2.41. The van der Waals surface area contributed by atoms with Crippen LogP contribution in [-0.4, -0.2) is 7.11 Å². The molecule has 4 aromatic carbocycles. The van der Waals surface area contributed by atoms with Crippen molar-refractivity contribution >= 4 is 23.2 Å². The van der Waals surface area contributed by atoms with E-state index in [-0.39, 0.29) is 17.0 Å². The van der Waals surface area contributed by atoms with Crippen LogP contribution in [0.1, 0.15) is 23.2 Å². The van der Waals surface area contributed by atoms with E-state index in [9.17, 15) is 0 Å². The van der Waals surface area contributed by atoms with Crippen molar-refractivity contribution in [3.8, 4) is 5.75 Å². The SMILES string of the molecule is COc1cccc2c1C([P+](c1ccccc1)(c1ccccc1)c1ccccc1)CC2.[Br-]. The molecule has 0 spiro atoms. The zero-order chi connectivity index (χ0) is 20.4. The summed E-state index contributed by atoms with van der Waals surface area (Å²) in [6, 6.07) is 40.1. The van der Waals surface area contributed by atoms with Gasteiger partial charge in [-0.15, -0.1) is 0 Å². The molecule has 0 aliphatic heterocycles. The summed E-state index contributed by atoms with van der Waals surface area (Å²) in [5.41, 5.74) is 3.24. The third-order valence-electron chi connectivity index (χ3n) is 6.35. The maximum Gasteiger partial charge on any atom is 0.126 e. The average molecular weight is 489 g/mol. The van der Waals surface area contributed by atoms with E-state index in [4.69, 9.17) is 4.74 Å². The van der Waals surface area contributed by atoms with Gasteiger partial charge in [0.25, 0.3) is 0 Å². The standard InChI is InChI=1S/C28H26OP.BrH/c1-29-26-19-11-12-22-20-21-27(28(22)26)30(23-13-5-2-6-14-23,24-15-7-3-8-16-24)25-17-9-4-10-18-25;/h2-19,27H,20-21H2,1H3;1H/q+1;/p-1. The molecule has 5 rings (SSSR count). The highest BCUT2D eigenvalue weighted by Crippen LogP contribution is 2.71. The van der Waals surface area contributed by atoms with Gasteiger partial charge in [0.2, 0.25) is 0 Å². The fourth-order valence-electron chi connectivity index (χ4n) is 5.16. The number of rotatable bonds is 5. The van der Waals surface area contributed by atoms with Gasteiger partial charge in [-0.3, -0.25) is 0 Å². The van der Waals surface area contributed by atoms with E-state index in [2.05, 4.69) is 109 Å². The first kappa shape index (κ1) is 21.8. The maximum absolute atomic E-state index is 5.91. The van der Waals surface area contributed by atoms with Crippen LogP contribution in [0.2, 0.25) is 0 Å². The molecular weight excluding hydrogens is 463 g/mol. The average Bonchev–Trinajstić information content (AvgIpc) is 3.26. The number of ether oxygens (including phenoxy) is 1.